The number of rotatable bonds is 2. The minimum Gasteiger partial charge on any atom is -0.393 e. The van der Waals surface area contributed by atoms with Crippen LogP contribution in [0.1, 0.15) is 37.5 Å². The molecule has 0 aromatic carbocycles. The summed E-state index contributed by atoms with van der Waals surface area (Å²) in [6.45, 7) is 5.66. The first-order valence-corrected chi connectivity index (χ1v) is 5.39. The Morgan fingerprint density at radius 1 is 1.47 bits per heavy atom. The first kappa shape index (κ1) is 10.6. The lowest BCUT2D eigenvalue weighted by Gasteiger charge is -2.32. The summed E-state index contributed by atoms with van der Waals surface area (Å²) in [5.41, 5.74) is 0. The maximum Gasteiger partial charge on any atom is 0.243 e. The lowest BCUT2D eigenvalue weighted by atomic mass is 10.1. The SMILES string of the molecule is Cc1noc(C(C)N2CCC(O)CC2)n1. The Hall–Kier alpha value is -0.940. The number of aromatic nitrogens is 2. The molecule has 1 unspecified atom stereocenters. The smallest absolute Gasteiger partial charge is 0.243 e. The number of nitrogens with zero attached hydrogens (tertiary/aromatic N) is 3. The Morgan fingerprint density at radius 3 is 2.67 bits per heavy atom. The topological polar surface area (TPSA) is 62.4 Å². The van der Waals surface area contributed by atoms with Crippen LogP contribution in [0.25, 0.3) is 0 Å². The van der Waals surface area contributed by atoms with Gasteiger partial charge in [0.15, 0.2) is 5.82 Å². The van der Waals surface area contributed by atoms with Crippen LogP contribution < -0.4 is 0 Å². The van der Waals surface area contributed by atoms with E-state index < -0.39 is 0 Å². The lowest BCUT2D eigenvalue weighted by Crippen LogP contribution is -2.37. The number of piperidine rings is 1. The molecule has 5 heteroatoms. The highest BCUT2D eigenvalue weighted by atomic mass is 16.5. The van der Waals surface area contributed by atoms with Gasteiger partial charge in [0.05, 0.1) is 12.1 Å². The van der Waals surface area contributed by atoms with Crippen molar-refractivity contribution in [2.24, 2.45) is 0 Å². The van der Waals surface area contributed by atoms with Gasteiger partial charge in [0.1, 0.15) is 0 Å². The molecule has 1 saturated heterocycles. The molecule has 1 aromatic rings. The van der Waals surface area contributed by atoms with Gasteiger partial charge in [0.25, 0.3) is 0 Å². The molecular weight excluding hydrogens is 194 g/mol. The van der Waals surface area contributed by atoms with Crippen molar-refractivity contribution in [2.45, 2.75) is 38.8 Å². The molecule has 0 spiro atoms. The van der Waals surface area contributed by atoms with E-state index in [0.717, 1.165) is 25.9 Å². The Morgan fingerprint density at radius 2 is 2.13 bits per heavy atom. The van der Waals surface area contributed by atoms with Gasteiger partial charge in [-0.3, -0.25) is 4.90 Å². The molecule has 1 aliphatic heterocycles. The third-order valence-corrected chi connectivity index (χ3v) is 2.95. The minimum atomic E-state index is -0.141. The van der Waals surface area contributed by atoms with E-state index in [1.165, 1.54) is 0 Å². The Kier molecular flexibility index (Phi) is 3.02. The van der Waals surface area contributed by atoms with Crippen molar-refractivity contribution in [3.8, 4) is 0 Å². The molecule has 0 aliphatic carbocycles. The zero-order chi connectivity index (χ0) is 10.8. The van der Waals surface area contributed by atoms with Gasteiger partial charge < -0.3 is 9.63 Å². The molecule has 1 N–H and O–H groups in total. The van der Waals surface area contributed by atoms with Crippen LogP contribution in [0.5, 0.6) is 0 Å². The van der Waals surface area contributed by atoms with Crippen molar-refractivity contribution in [3.05, 3.63) is 11.7 Å². The summed E-state index contributed by atoms with van der Waals surface area (Å²) in [5, 5.41) is 13.2. The molecule has 0 amide bonds. The van der Waals surface area contributed by atoms with Crippen LogP contribution in [-0.4, -0.2) is 39.3 Å². The van der Waals surface area contributed by atoms with E-state index in [1.54, 1.807) is 0 Å². The normalized spacial score (nSPS) is 21.8. The number of aliphatic hydroxyl groups excluding tert-OH is 1. The van der Waals surface area contributed by atoms with Gasteiger partial charge in [-0.2, -0.15) is 4.98 Å². The second-order valence-electron chi connectivity index (χ2n) is 4.12. The van der Waals surface area contributed by atoms with Crippen molar-refractivity contribution < 1.29 is 9.63 Å². The zero-order valence-electron chi connectivity index (χ0n) is 9.18. The number of aliphatic hydroxyl groups is 1. The second kappa shape index (κ2) is 4.28. The maximum absolute atomic E-state index is 9.41. The van der Waals surface area contributed by atoms with Gasteiger partial charge in [-0.25, -0.2) is 0 Å². The van der Waals surface area contributed by atoms with Crippen LogP contribution in [0.3, 0.4) is 0 Å². The quantitative estimate of drug-likeness (QED) is 0.787. The summed E-state index contributed by atoms with van der Waals surface area (Å²) < 4.78 is 5.14. The Labute approximate surface area is 89.1 Å². The molecule has 1 fully saturated rings. The van der Waals surface area contributed by atoms with Crippen molar-refractivity contribution in [1.29, 1.82) is 0 Å². The highest BCUT2D eigenvalue weighted by Gasteiger charge is 2.25. The van der Waals surface area contributed by atoms with Crippen LogP contribution in [0, 0.1) is 6.92 Å². The molecule has 2 heterocycles. The number of hydrogen-bond donors (Lipinski definition) is 1. The van der Waals surface area contributed by atoms with Gasteiger partial charge in [-0.15, -0.1) is 0 Å². The average Bonchev–Trinajstić information content (AvgIpc) is 2.65. The van der Waals surface area contributed by atoms with Crippen molar-refractivity contribution in [2.75, 3.05) is 13.1 Å². The van der Waals surface area contributed by atoms with Gasteiger partial charge >= 0.3 is 0 Å². The minimum absolute atomic E-state index is 0.141. The predicted molar refractivity (Wildman–Crippen MR) is 54.3 cm³/mol. The van der Waals surface area contributed by atoms with Crippen molar-refractivity contribution in [3.63, 3.8) is 0 Å². The fourth-order valence-electron chi connectivity index (χ4n) is 1.91. The molecule has 5 nitrogen and oxygen atoms in total. The molecule has 0 radical (unpaired) electrons. The predicted octanol–water partition coefficient (Wildman–Crippen LogP) is 0.896. The molecule has 0 saturated carbocycles. The summed E-state index contributed by atoms with van der Waals surface area (Å²) in [5.74, 6) is 1.35. The second-order valence-corrected chi connectivity index (χ2v) is 4.12. The number of aryl methyl sites for hydroxylation is 1. The van der Waals surface area contributed by atoms with E-state index in [4.69, 9.17) is 4.52 Å². The van der Waals surface area contributed by atoms with Gasteiger partial charge in [0.2, 0.25) is 5.89 Å². The molecule has 15 heavy (non-hydrogen) atoms. The van der Waals surface area contributed by atoms with E-state index in [0.29, 0.717) is 11.7 Å². The number of likely N-dealkylation sites (tertiary alicyclic amines) is 1. The monoisotopic (exact) mass is 211 g/mol. The Balaban J connectivity index is 1.99. The van der Waals surface area contributed by atoms with Crippen molar-refractivity contribution in [1.82, 2.24) is 15.0 Å². The molecule has 1 atom stereocenters. The van der Waals surface area contributed by atoms with E-state index in [-0.39, 0.29) is 12.1 Å². The molecule has 1 aliphatic rings. The van der Waals surface area contributed by atoms with E-state index >= 15 is 0 Å². The van der Waals surface area contributed by atoms with Gasteiger partial charge in [-0.1, -0.05) is 5.16 Å². The Bertz CT molecular complexity index is 318. The summed E-state index contributed by atoms with van der Waals surface area (Å²) in [7, 11) is 0. The third kappa shape index (κ3) is 2.35. The average molecular weight is 211 g/mol. The largest absolute Gasteiger partial charge is 0.393 e. The standard InChI is InChI=1S/C10H17N3O2/c1-7(10-11-8(2)12-15-10)13-5-3-9(14)4-6-13/h7,9,14H,3-6H2,1-2H3. The molecule has 0 bridgehead atoms. The summed E-state index contributed by atoms with van der Waals surface area (Å²) >= 11 is 0. The van der Waals surface area contributed by atoms with Crippen LogP contribution >= 0.6 is 0 Å². The molecule has 2 rings (SSSR count). The van der Waals surface area contributed by atoms with Gasteiger partial charge in [0, 0.05) is 13.1 Å². The summed E-state index contributed by atoms with van der Waals surface area (Å²) in [6, 6.07) is 0.152. The fourth-order valence-corrected chi connectivity index (χ4v) is 1.91. The van der Waals surface area contributed by atoms with Crippen LogP contribution in [0.15, 0.2) is 4.52 Å². The first-order chi connectivity index (χ1) is 7.16. The van der Waals surface area contributed by atoms with E-state index in [1.807, 2.05) is 6.92 Å². The van der Waals surface area contributed by atoms with Crippen LogP contribution in [-0.2, 0) is 0 Å². The number of hydrogen-bond acceptors (Lipinski definition) is 5. The third-order valence-electron chi connectivity index (χ3n) is 2.95. The highest BCUT2D eigenvalue weighted by Crippen LogP contribution is 2.22. The maximum atomic E-state index is 9.41. The summed E-state index contributed by atoms with van der Waals surface area (Å²) in [4.78, 5) is 6.49. The van der Waals surface area contributed by atoms with E-state index in [2.05, 4.69) is 22.0 Å². The summed E-state index contributed by atoms with van der Waals surface area (Å²) in [6.07, 6.45) is 1.52. The van der Waals surface area contributed by atoms with Gasteiger partial charge in [-0.05, 0) is 26.7 Å². The zero-order valence-corrected chi connectivity index (χ0v) is 9.18. The van der Waals surface area contributed by atoms with E-state index in [9.17, 15) is 5.11 Å². The molecule has 84 valence electrons. The van der Waals surface area contributed by atoms with Crippen molar-refractivity contribution >= 4 is 0 Å². The fraction of sp³-hybridized carbons (Fsp3) is 0.800. The lowest BCUT2D eigenvalue weighted by molar-refractivity contribution is 0.0564. The first-order valence-electron chi connectivity index (χ1n) is 5.39. The van der Waals surface area contributed by atoms with Crippen LogP contribution in [0.2, 0.25) is 0 Å². The highest BCUT2D eigenvalue weighted by molar-refractivity contribution is 4.91. The molecular formula is C10H17N3O2. The molecule has 1 aromatic heterocycles. The van der Waals surface area contributed by atoms with Crippen LogP contribution in [0.4, 0.5) is 0 Å².